The highest BCUT2D eigenvalue weighted by atomic mass is 32.2. The molecule has 0 spiro atoms. The van der Waals surface area contributed by atoms with E-state index < -0.39 is 5.37 Å². The first kappa shape index (κ1) is 15.4. The molecule has 0 fully saturated rings. The zero-order valence-corrected chi connectivity index (χ0v) is 10.8. The van der Waals surface area contributed by atoms with E-state index >= 15 is 0 Å². The molecule has 0 aliphatic carbocycles. The molecule has 0 aromatic rings. The third kappa shape index (κ3) is 6.06. The fourth-order valence-corrected chi connectivity index (χ4v) is 1.87. The van der Waals surface area contributed by atoms with Gasteiger partial charge in [-0.1, -0.05) is 0 Å². The standard InChI is InChI=1S/C9H20N4O2S/c1-12(2)5-4-6-13(10)9(16-3)8(15)11-7-14/h7,9H,4-6,10H2,1-3H3,(H,11,14,15). The molecular weight excluding hydrogens is 228 g/mol. The maximum absolute atomic E-state index is 11.4. The number of hydrazine groups is 1. The largest absolute Gasteiger partial charge is 0.309 e. The number of thioether (sulfide) groups is 1. The van der Waals surface area contributed by atoms with Crippen molar-refractivity contribution >= 4 is 24.1 Å². The average molecular weight is 248 g/mol. The number of hydrogen-bond donors (Lipinski definition) is 2. The van der Waals surface area contributed by atoms with Crippen molar-refractivity contribution in [3.05, 3.63) is 0 Å². The topological polar surface area (TPSA) is 78.7 Å². The lowest BCUT2D eigenvalue weighted by molar-refractivity contribution is -0.127. The van der Waals surface area contributed by atoms with Gasteiger partial charge in [-0.3, -0.25) is 20.7 Å². The fraction of sp³-hybridized carbons (Fsp3) is 0.778. The van der Waals surface area contributed by atoms with Gasteiger partial charge in [-0.2, -0.15) is 0 Å². The third-order valence-corrected chi connectivity index (χ3v) is 2.90. The van der Waals surface area contributed by atoms with E-state index in [1.54, 1.807) is 6.26 Å². The molecule has 0 aliphatic rings. The van der Waals surface area contributed by atoms with Gasteiger partial charge in [0.25, 0.3) is 5.91 Å². The Morgan fingerprint density at radius 1 is 1.50 bits per heavy atom. The van der Waals surface area contributed by atoms with Crippen LogP contribution >= 0.6 is 11.8 Å². The Morgan fingerprint density at radius 2 is 2.12 bits per heavy atom. The summed E-state index contributed by atoms with van der Waals surface area (Å²) in [5, 5.41) is 3.03. The Kier molecular flexibility index (Phi) is 8.18. The summed E-state index contributed by atoms with van der Waals surface area (Å²) in [6.45, 7) is 1.51. The van der Waals surface area contributed by atoms with E-state index in [2.05, 4.69) is 5.32 Å². The van der Waals surface area contributed by atoms with Crippen LogP contribution in [-0.2, 0) is 9.59 Å². The number of carbonyl (C=O) groups is 2. The summed E-state index contributed by atoms with van der Waals surface area (Å²) >= 11 is 1.30. The summed E-state index contributed by atoms with van der Waals surface area (Å²) in [5.74, 6) is 5.38. The van der Waals surface area contributed by atoms with Gasteiger partial charge in [-0.15, -0.1) is 11.8 Å². The lowest BCUT2D eigenvalue weighted by Gasteiger charge is -2.24. The Hall–Kier alpha value is -0.630. The minimum atomic E-state index is -0.521. The molecule has 0 aliphatic heterocycles. The first-order valence-electron chi connectivity index (χ1n) is 4.95. The van der Waals surface area contributed by atoms with Crippen molar-refractivity contribution in [2.45, 2.75) is 11.8 Å². The van der Waals surface area contributed by atoms with Crippen molar-refractivity contribution in [2.75, 3.05) is 33.4 Å². The molecule has 0 aromatic carbocycles. The highest BCUT2D eigenvalue weighted by molar-refractivity contribution is 7.99. The highest BCUT2D eigenvalue weighted by Gasteiger charge is 2.21. The maximum atomic E-state index is 11.4. The molecule has 3 N–H and O–H groups in total. The Labute approximate surface area is 100 Å². The summed E-state index contributed by atoms with van der Waals surface area (Å²) in [6, 6.07) is 0. The maximum Gasteiger partial charge on any atom is 0.255 e. The second-order valence-electron chi connectivity index (χ2n) is 3.61. The summed E-state index contributed by atoms with van der Waals surface area (Å²) in [7, 11) is 3.96. The number of rotatable bonds is 8. The van der Waals surface area contributed by atoms with Gasteiger partial charge in [0.05, 0.1) is 0 Å². The van der Waals surface area contributed by atoms with E-state index in [0.29, 0.717) is 13.0 Å². The normalized spacial score (nSPS) is 12.9. The first-order valence-corrected chi connectivity index (χ1v) is 6.24. The molecule has 16 heavy (non-hydrogen) atoms. The SMILES string of the molecule is CSC(C(=O)NC=O)N(N)CCCN(C)C. The minimum absolute atomic E-state index is 0.374. The van der Waals surface area contributed by atoms with Gasteiger partial charge in [0.15, 0.2) is 0 Å². The van der Waals surface area contributed by atoms with Gasteiger partial charge in [0.2, 0.25) is 6.41 Å². The van der Waals surface area contributed by atoms with Crippen LogP contribution < -0.4 is 11.2 Å². The van der Waals surface area contributed by atoms with Crippen LogP contribution in [-0.4, -0.2) is 61.0 Å². The van der Waals surface area contributed by atoms with Crippen molar-refractivity contribution in [3.8, 4) is 0 Å². The summed E-state index contributed by atoms with van der Waals surface area (Å²) in [5.41, 5.74) is 0. The summed E-state index contributed by atoms with van der Waals surface area (Å²) in [4.78, 5) is 23.6. The predicted octanol–water partition coefficient (Wildman–Crippen LogP) is -0.924. The van der Waals surface area contributed by atoms with Crippen molar-refractivity contribution in [3.63, 3.8) is 0 Å². The Balaban J connectivity index is 4.04. The van der Waals surface area contributed by atoms with E-state index in [4.69, 9.17) is 5.84 Å². The molecule has 7 heteroatoms. The van der Waals surface area contributed by atoms with Crippen LogP contribution in [0.1, 0.15) is 6.42 Å². The molecule has 1 unspecified atom stereocenters. The first-order chi connectivity index (χ1) is 7.52. The lowest BCUT2D eigenvalue weighted by atomic mass is 10.4. The number of amides is 2. The average Bonchev–Trinajstić information content (AvgIpc) is 2.18. The van der Waals surface area contributed by atoms with Gasteiger partial charge in [-0.25, -0.2) is 5.01 Å². The minimum Gasteiger partial charge on any atom is -0.309 e. The lowest BCUT2D eigenvalue weighted by Crippen LogP contribution is -2.49. The van der Waals surface area contributed by atoms with Crippen LogP contribution in [0.2, 0.25) is 0 Å². The van der Waals surface area contributed by atoms with Gasteiger partial charge in [0, 0.05) is 6.54 Å². The van der Waals surface area contributed by atoms with Gasteiger partial charge in [0.1, 0.15) is 5.37 Å². The molecule has 2 amide bonds. The monoisotopic (exact) mass is 248 g/mol. The van der Waals surface area contributed by atoms with Crippen molar-refractivity contribution < 1.29 is 9.59 Å². The van der Waals surface area contributed by atoms with E-state index in [9.17, 15) is 9.59 Å². The number of carbonyl (C=O) groups excluding carboxylic acids is 2. The van der Waals surface area contributed by atoms with Crippen LogP contribution in [0.4, 0.5) is 0 Å². The van der Waals surface area contributed by atoms with E-state index in [0.717, 1.165) is 13.0 Å². The summed E-state index contributed by atoms with van der Waals surface area (Å²) < 4.78 is 0. The van der Waals surface area contributed by atoms with Crippen LogP contribution in [0, 0.1) is 0 Å². The molecule has 0 saturated carbocycles. The second-order valence-corrected chi connectivity index (χ2v) is 4.53. The fourth-order valence-electron chi connectivity index (χ4n) is 1.21. The van der Waals surface area contributed by atoms with Crippen LogP contribution in [0.5, 0.6) is 0 Å². The second kappa shape index (κ2) is 8.51. The molecule has 0 heterocycles. The zero-order valence-electron chi connectivity index (χ0n) is 9.97. The van der Waals surface area contributed by atoms with E-state index in [1.165, 1.54) is 16.8 Å². The van der Waals surface area contributed by atoms with Crippen LogP contribution in [0.15, 0.2) is 0 Å². The molecule has 0 radical (unpaired) electrons. The number of imide groups is 1. The van der Waals surface area contributed by atoms with Crippen LogP contribution in [0.25, 0.3) is 0 Å². The third-order valence-electron chi connectivity index (χ3n) is 1.97. The highest BCUT2D eigenvalue weighted by Crippen LogP contribution is 2.09. The molecule has 94 valence electrons. The van der Waals surface area contributed by atoms with Gasteiger partial charge < -0.3 is 4.90 Å². The number of nitrogens with two attached hydrogens (primary N) is 1. The molecule has 0 bridgehead atoms. The van der Waals surface area contributed by atoms with Crippen molar-refractivity contribution in [1.82, 2.24) is 15.2 Å². The molecule has 1 atom stereocenters. The molecule has 0 rings (SSSR count). The molecular formula is C9H20N4O2S. The number of nitrogens with one attached hydrogen (secondary N) is 1. The molecule has 6 nitrogen and oxygen atoms in total. The molecule has 0 saturated heterocycles. The van der Waals surface area contributed by atoms with Gasteiger partial charge in [-0.05, 0) is 33.3 Å². The van der Waals surface area contributed by atoms with Gasteiger partial charge >= 0.3 is 0 Å². The summed E-state index contributed by atoms with van der Waals surface area (Å²) in [6.07, 6.45) is 3.02. The quantitative estimate of drug-likeness (QED) is 0.250. The van der Waals surface area contributed by atoms with Crippen LogP contribution in [0.3, 0.4) is 0 Å². The Morgan fingerprint density at radius 3 is 2.56 bits per heavy atom. The smallest absolute Gasteiger partial charge is 0.255 e. The Bertz CT molecular complexity index is 226. The zero-order chi connectivity index (χ0) is 12.6. The van der Waals surface area contributed by atoms with E-state index in [1.807, 2.05) is 19.0 Å². The van der Waals surface area contributed by atoms with Crippen molar-refractivity contribution in [2.24, 2.45) is 5.84 Å². The number of nitrogens with zero attached hydrogens (tertiary/aromatic N) is 2. The van der Waals surface area contributed by atoms with Crippen molar-refractivity contribution in [1.29, 1.82) is 0 Å². The van der Waals surface area contributed by atoms with E-state index in [-0.39, 0.29) is 5.91 Å². The number of hydrogen-bond acceptors (Lipinski definition) is 6. The predicted molar refractivity (Wildman–Crippen MR) is 65.6 cm³/mol. The molecule has 0 aromatic heterocycles.